The van der Waals surface area contributed by atoms with Crippen molar-refractivity contribution in [3.63, 3.8) is 0 Å². The summed E-state index contributed by atoms with van der Waals surface area (Å²) in [6.45, 7) is 16.9. The van der Waals surface area contributed by atoms with Crippen LogP contribution in [0.1, 0.15) is 145 Å². The van der Waals surface area contributed by atoms with Crippen LogP contribution in [0.4, 0.5) is 0 Å². The Hall–Kier alpha value is 0.170. The SMILES string of the molecule is CCCCCCCCCCCCC/C=C/C(C)C(C)CCC(C)CC(C)C(C)C(C)P. The van der Waals surface area contributed by atoms with Gasteiger partial charge in [-0.25, -0.2) is 0 Å². The first-order valence-electron chi connectivity index (χ1n) is 14.2. The molecule has 0 aliphatic rings. The quantitative estimate of drug-likeness (QED) is 0.0922. The van der Waals surface area contributed by atoms with Crippen LogP contribution in [0.3, 0.4) is 0 Å². The van der Waals surface area contributed by atoms with Crippen molar-refractivity contribution in [3.8, 4) is 0 Å². The summed E-state index contributed by atoms with van der Waals surface area (Å²) in [5.41, 5.74) is 0.728. The Labute approximate surface area is 201 Å². The maximum absolute atomic E-state index is 2.99. The number of unbranched alkanes of at least 4 members (excludes halogenated alkanes) is 11. The molecule has 31 heavy (non-hydrogen) atoms. The van der Waals surface area contributed by atoms with Gasteiger partial charge in [-0.1, -0.05) is 131 Å². The van der Waals surface area contributed by atoms with Gasteiger partial charge >= 0.3 is 0 Å². The summed E-state index contributed by atoms with van der Waals surface area (Å²) in [6.07, 6.45) is 26.2. The Kier molecular flexibility index (Phi) is 20.9. The minimum atomic E-state index is 0.725. The number of allylic oxidation sites excluding steroid dienone is 2. The highest BCUT2D eigenvalue weighted by Gasteiger charge is 2.19. The second kappa shape index (κ2) is 20.8. The largest absolute Gasteiger partial charge is 0.134 e. The highest BCUT2D eigenvalue weighted by Crippen LogP contribution is 2.29. The summed E-state index contributed by atoms with van der Waals surface area (Å²) in [6, 6.07) is 0. The lowest BCUT2D eigenvalue weighted by Crippen LogP contribution is -2.19. The molecule has 7 atom stereocenters. The Morgan fingerprint density at radius 2 is 1.16 bits per heavy atom. The van der Waals surface area contributed by atoms with Crippen LogP contribution in [0.5, 0.6) is 0 Å². The molecule has 0 aliphatic heterocycles. The maximum Gasteiger partial charge on any atom is -0.0236 e. The minimum absolute atomic E-state index is 0.725. The second-order valence-electron chi connectivity index (χ2n) is 11.2. The van der Waals surface area contributed by atoms with Gasteiger partial charge < -0.3 is 0 Å². The van der Waals surface area contributed by atoms with E-state index in [-0.39, 0.29) is 0 Å². The van der Waals surface area contributed by atoms with Crippen LogP contribution in [0.25, 0.3) is 0 Å². The van der Waals surface area contributed by atoms with Crippen molar-refractivity contribution in [2.45, 2.75) is 150 Å². The van der Waals surface area contributed by atoms with Crippen molar-refractivity contribution in [1.82, 2.24) is 0 Å². The van der Waals surface area contributed by atoms with Gasteiger partial charge in [-0.05, 0) is 60.9 Å². The molecule has 1 heteroatoms. The van der Waals surface area contributed by atoms with Crippen molar-refractivity contribution in [3.05, 3.63) is 12.2 Å². The van der Waals surface area contributed by atoms with E-state index in [0.717, 1.165) is 35.2 Å². The van der Waals surface area contributed by atoms with Gasteiger partial charge in [-0.2, -0.15) is 0 Å². The third-order valence-electron chi connectivity index (χ3n) is 7.93. The number of hydrogen-bond donors (Lipinski definition) is 0. The fraction of sp³-hybridized carbons (Fsp3) is 0.933. The average Bonchev–Trinajstić information content (AvgIpc) is 2.74. The summed E-state index contributed by atoms with van der Waals surface area (Å²) in [7, 11) is 2.99. The second-order valence-corrected chi connectivity index (χ2v) is 12.3. The van der Waals surface area contributed by atoms with Gasteiger partial charge in [-0.3, -0.25) is 0 Å². The molecule has 0 saturated carbocycles. The van der Waals surface area contributed by atoms with Gasteiger partial charge in [0.25, 0.3) is 0 Å². The molecule has 0 aromatic rings. The summed E-state index contributed by atoms with van der Waals surface area (Å²) >= 11 is 0. The van der Waals surface area contributed by atoms with Gasteiger partial charge in [-0.15, -0.1) is 9.24 Å². The van der Waals surface area contributed by atoms with Crippen LogP contribution in [-0.4, -0.2) is 5.66 Å². The number of hydrogen-bond acceptors (Lipinski definition) is 0. The topological polar surface area (TPSA) is 0 Å². The van der Waals surface area contributed by atoms with Gasteiger partial charge in [0.2, 0.25) is 0 Å². The van der Waals surface area contributed by atoms with Gasteiger partial charge in [0.1, 0.15) is 0 Å². The van der Waals surface area contributed by atoms with Gasteiger partial charge in [0.05, 0.1) is 0 Å². The smallest absolute Gasteiger partial charge is 0.0236 e. The van der Waals surface area contributed by atoms with E-state index in [1.165, 1.54) is 96.3 Å². The van der Waals surface area contributed by atoms with E-state index in [9.17, 15) is 0 Å². The van der Waals surface area contributed by atoms with E-state index in [1.807, 2.05) is 0 Å². The molecule has 0 fully saturated rings. The van der Waals surface area contributed by atoms with Gasteiger partial charge in [0.15, 0.2) is 0 Å². The zero-order chi connectivity index (χ0) is 23.5. The monoisotopic (exact) mass is 452 g/mol. The summed E-state index contributed by atoms with van der Waals surface area (Å²) in [5, 5.41) is 0. The van der Waals surface area contributed by atoms with E-state index < -0.39 is 0 Å². The van der Waals surface area contributed by atoms with Crippen LogP contribution in [0, 0.1) is 29.6 Å². The zero-order valence-electron chi connectivity index (χ0n) is 22.8. The van der Waals surface area contributed by atoms with Crippen LogP contribution in [0.15, 0.2) is 12.2 Å². The molecule has 0 aromatic heterocycles. The molecular weight excluding hydrogens is 391 g/mol. The first-order valence-corrected chi connectivity index (χ1v) is 14.9. The molecule has 7 unspecified atom stereocenters. The maximum atomic E-state index is 2.99. The van der Waals surface area contributed by atoms with Crippen molar-refractivity contribution >= 4 is 9.24 Å². The van der Waals surface area contributed by atoms with Crippen LogP contribution in [-0.2, 0) is 0 Å². The highest BCUT2D eigenvalue weighted by molar-refractivity contribution is 7.17. The van der Waals surface area contributed by atoms with Crippen molar-refractivity contribution in [2.24, 2.45) is 29.6 Å². The predicted octanol–water partition coefficient (Wildman–Crippen LogP) is 10.9. The number of rotatable bonds is 21. The third kappa shape index (κ3) is 18.3. The lowest BCUT2D eigenvalue weighted by atomic mass is 9.82. The van der Waals surface area contributed by atoms with Crippen molar-refractivity contribution < 1.29 is 0 Å². The molecular formula is C30H61P. The summed E-state index contributed by atoms with van der Waals surface area (Å²) in [4.78, 5) is 0. The molecule has 0 aliphatic carbocycles. The normalized spacial score (nSPS) is 18.1. The average molecular weight is 453 g/mol. The zero-order valence-corrected chi connectivity index (χ0v) is 24.0. The molecule has 0 rings (SSSR count). The summed E-state index contributed by atoms with van der Waals surface area (Å²) in [5.74, 6) is 4.03. The molecule has 0 saturated heterocycles. The predicted molar refractivity (Wildman–Crippen MR) is 149 cm³/mol. The molecule has 0 spiro atoms. The first-order chi connectivity index (χ1) is 14.8. The summed E-state index contributed by atoms with van der Waals surface area (Å²) < 4.78 is 0. The van der Waals surface area contributed by atoms with E-state index in [4.69, 9.17) is 0 Å². The van der Waals surface area contributed by atoms with E-state index in [0.29, 0.717) is 0 Å². The Morgan fingerprint density at radius 3 is 1.68 bits per heavy atom. The molecule has 0 nitrogen and oxygen atoms in total. The standard InChI is InChI=1S/C30H61P/c1-8-9-10-11-12-13-14-15-16-17-18-19-20-21-26(3)27(4)23-22-25(2)24-28(5)29(6)30(7)31/h20-21,25-30H,8-19,22-24,31H2,1-7H3/b21-20+. The molecule has 0 radical (unpaired) electrons. The lowest BCUT2D eigenvalue weighted by molar-refractivity contribution is 0.284. The molecule has 186 valence electrons. The minimum Gasteiger partial charge on any atom is -0.134 e. The Balaban J connectivity index is 3.71. The lowest BCUT2D eigenvalue weighted by Gasteiger charge is -2.27. The fourth-order valence-electron chi connectivity index (χ4n) is 4.72. The first kappa shape index (κ1) is 31.2. The van der Waals surface area contributed by atoms with Crippen molar-refractivity contribution in [2.75, 3.05) is 0 Å². The molecule has 0 amide bonds. The molecule has 0 N–H and O–H groups in total. The highest BCUT2D eigenvalue weighted by atomic mass is 31.0. The van der Waals surface area contributed by atoms with Crippen LogP contribution < -0.4 is 0 Å². The van der Waals surface area contributed by atoms with Crippen LogP contribution in [0.2, 0.25) is 0 Å². The Morgan fingerprint density at radius 1 is 0.645 bits per heavy atom. The fourth-order valence-corrected chi connectivity index (χ4v) is 5.10. The third-order valence-corrected chi connectivity index (χ3v) is 8.53. The van der Waals surface area contributed by atoms with Crippen molar-refractivity contribution in [1.29, 1.82) is 0 Å². The van der Waals surface area contributed by atoms with E-state index >= 15 is 0 Å². The molecule has 0 heterocycles. The van der Waals surface area contributed by atoms with Gasteiger partial charge in [0, 0.05) is 0 Å². The molecule has 0 bridgehead atoms. The van der Waals surface area contributed by atoms with E-state index in [1.54, 1.807) is 0 Å². The van der Waals surface area contributed by atoms with Crippen LogP contribution >= 0.6 is 9.24 Å². The van der Waals surface area contributed by atoms with E-state index in [2.05, 4.69) is 69.9 Å². The molecule has 0 aromatic carbocycles. The Bertz CT molecular complexity index is 399.